The summed E-state index contributed by atoms with van der Waals surface area (Å²) in [6, 6.07) is 8.13. The number of carbonyl (C=O) groups is 1. The molecule has 0 saturated heterocycles. The molecule has 0 aliphatic heterocycles. The number of aryl methyl sites for hydroxylation is 1. The van der Waals surface area contributed by atoms with Crippen LogP contribution in [0.4, 0.5) is 4.79 Å². The summed E-state index contributed by atoms with van der Waals surface area (Å²) >= 11 is 0. The van der Waals surface area contributed by atoms with E-state index in [1.165, 1.54) is 11.1 Å². The first-order valence-corrected chi connectivity index (χ1v) is 5.43. The third-order valence-corrected chi connectivity index (χ3v) is 2.16. The quantitative estimate of drug-likeness (QED) is 0.800. The number of benzene rings is 1. The number of carbonyl (C=O) groups excluding carboxylic acids is 1. The van der Waals surface area contributed by atoms with Gasteiger partial charge in [0.05, 0.1) is 0 Å². The molecule has 1 aromatic rings. The zero-order valence-corrected chi connectivity index (χ0v) is 9.79. The van der Waals surface area contributed by atoms with E-state index >= 15 is 0 Å². The Morgan fingerprint density at radius 1 is 1.44 bits per heavy atom. The Labute approximate surface area is 96.6 Å². The number of nitrogens with one attached hydrogen (secondary N) is 2. The first-order chi connectivity index (χ1) is 7.72. The van der Waals surface area contributed by atoms with Crippen molar-refractivity contribution in [3.05, 3.63) is 47.7 Å². The zero-order valence-electron chi connectivity index (χ0n) is 9.79. The Morgan fingerprint density at radius 3 is 2.94 bits per heavy atom. The maximum Gasteiger partial charge on any atom is 0.318 e. The highest BCUT2D eigenvalue weighted by Crippen LogP contribution is 2.03. The maximum absolute atomic E-state index is 11.2. The van der Waals surface area contributed by atoms with Crippen molar-refractivity contribution in [1.29, 1.82) is 0 Å². The van der Waals surface area contributed by atoms with Gasteiger partial charge in [0.1, 0.15) is 0 Å². The van der Waals surface area contributed by atoms with Crippen LogP contribution >= 0.6 is 0 Å². The summed E-state index contributed by atoms with van der Waals surface area (Å²) < 4.78 is 0. The van der Waals surface area contributed by atoms with Gasteiger partial charge in [-0.15, -0.1) is 0 Å². The molecule has 2 N–H and O–H groups in total. The number of allylic oxidation sites excluding steroid dienone is 1. The van der Waals surface area contributed by atoms with Gasteiger partial charge in [0.15, 0.2) is 0 Å². The van der Waals surface area contributed by atoms with Crippen LogP contribution in [0.25, 0.3) is 0 Å². The van der Waals surface area contributed by atoms with Gasteiger partial charge in [-0.3, -0.25) is 0 Å². The highest BCUT2D eigenvalue weighted by Gasteiger charge is 1.97. The lowest BCUT2D eigenvalue weighted by molar-refractivity contribution is 0.244. The van der Waals surface area contributed by atoms with Gasteiger partial charge in [-0.25, -0.2) is 4.79 Å². The molecule has 0 unspecified atom stereocenters. The Morgan fingerprint density at radius 2 is 2.25 bits per heavy atom. The number of urea groups is 1. The van der Waals surface area contributed by atoms with E-state index in [1.807, 2.05) is 13.0 Å². The standard InChI is InChI=1S/C13H18N2O/c1-3-8-14-13(16)15-9-7-12-6-4-5-11(2)10-12/h3-6,8,10H,7,9H2,1-2H3,(H2,14,15,16)/b8-3+. The summed E-state index contributed by atoms with van der Waals surface area (Å²) in [6.07, 6.45) is 4.24. The van der Waals surface area contributed by atoms with Crippen LogP contribution in [0.1, 0.15) is 18.1 Å². The van der Waals surface area contributed by atoms with E-state index in [2.05, 4.69) is 35.8 Å². The molecule has 0 aliphatic rings. The van der Waals surface area contributed by atoms with E-state index in [4.69, 9.17) is 0 Å². The van der Waals surface area contributed by atoms with Crippen molar-refractivity contribution in [3.63, 3.8) is 0 Å². The summed E-state index contributed by atoms with van der Waals surface area (Å²) in [5.74, 6) is 0. The van der Waals surface area contributed by atoms with Gasteiger partial charge in [0.2, 0.25) is 0 Å². The average molecular weight is 218 g/mol. The predicted molar refractivity (Wildman–Crippen MR) is 66.2 cm³/mol. The van der Waals surface area contributed by atoms with Gasteiger partial charge >= 0.3 is 6.03 Å². The van der Waals surface area contributed by atoms with E-state index in [-0.39, 0.29) is 6.03 Å². The van der Waals surface area contributed by atoms with Crippen LogP contribution in [-0.4, -0.2) is 12.6 Å². The molecule has 0 aromatic heterocycles. The van der Waals surface area contributed by atoms with E-state index in [0.717, 1.165) is 6.42 Å². The normalized spacial score (nSPS) is 10.4. The van der Waals surface area contributed by atoms with Crippen LogP contribution in [0.5, 0.6) is 0 Å². The number of hydrogen-bond donors (Lipinski definition) is 2. The minimum Gasteiger partial charge on any atom is -0.338 e. The van der Waals surface area contributed by atoms with Crippen molar-refractivity contribution >= 4 is 6.03 Å². The minimum atomic E-state index is -0.161. The van der Waals surface area contributed by atoms with E-state index in [0.29, 0.717) is 6.54 Å². The molecule has 0 bridgehead atoms. The predicted octanol–water partition coefficient (Wildman–Crippen LogP) is 2.37. The molecule has 0 saturated carbocycles. The molecular weight excluding hydrogens is 200 g/mol. The third kappa shape index (κ3) is 4.64. The molecule has 0 fully saturated rings. The van der Waals surface area contributed by atoms with Crippen LogP contribution in [0, 0.1) is 6.92 Å². The van der Waals surface area contributed by atoms with E-state index in [9.17, 15) is 4.79 Å². The first kappa shape index (κ1) is 12.3. The first-order valence-electron chi connectivity index (χ1n) is 5.43. The largest absolute Gasteiger partial charge is 0.338 e. The third-order valence-electron chi connectivity index (χ3n) is 2.16. The van der Waals surface area contributed by atoms with Crippen LogP contribution < -0.4 is 10.6 Å². The lowest BCUT2D eigenvalue weighted by atomic mass is 10.1. The summed E-state index contributed by atoms with van der Waals surface area (Å²) in [5.41, 5.74) is 2.49. The lowest BCUT2D eigenvalue weighted by Gasteiger charge is -2.05. The molecule has 86 valence electrons. The average Bonchev–Trinajstić information content (AvgIpc) is 2.26. The fraction of sp³-hybridized carbons (Fsp3) is 0.308. The Hall–Kier alpha value is -1.77. The molecule has 0 radical (unpaired) electrons. The lowest BCUT2D eigenvalue weighted by Crippen LogP contribution is -2.33. The number of rotatable bonds is 4. The smallest absolute Gasteiger partial charge is 0.318 e. The second-order valence-electron chi connectivity index (χ2n) is 3.64. The maximum atomic E-state index is 11.2. The van der Waals surface area contributed by atoms with Crippen molar-refractivity contribution in [2.24, 2.45) is 0 Å². The topological polar surface area (TPSA) is 41.1 Å². The summed E-state index contributed by atoms with van der Waals surface area (Å²) in [6.45, 7) is 4.57. The molecule has 0 aliphatic carbocycles. The molecule has 1 rings (SSSR count). The minimum absolute atomic E-state index is 0.161. The van der Waals surface area contributed by atoms with Gasteiger partial charge in [-0.1, -0.05) is 35.9 Å². The SMILES string of the molecule is C/C=C/NC(=O)NCCc1cccc(C)c1. The molecule has 16 heavy (non-hydrogen) atoms. The number of amides is 2. The highest BCUT2D eigenvalue weighted by molar-refractivity contribution is 5.74. The molecule has 3 heteroatoms. The summed E-state index contributed by atoms with van der Waals surface area (Å²) in [5, 5.41) is 5.38. The van der Waals surface area contributed by atoms with Crippen LogP contribution in [0.3, 0.4) is 0 Å². The van der Waals surface area contributed by atoms with Gasteiger partial charge in [0.25, 0.3) is 0 Å². The van der Waals surface area contributed by atoms with E-state index in [1.54, 1.807) is 12.3 Å². The molecular formula is C13H18N2O. The van der Waals surface area contributed by atoms with Crippen molar-refractivity contribution in [3.8, 4) is 0 Å². The van der Waals surface area contributed by atoms with E-state index < -0.39 is 0 Å². The monoisotopic (exact) mass is 218 g/mol. The fourth-order valence-electron chi connectivity index (χ4n) is 1.40. The van der Waals surface area contributed by atoms with Gasteiger partial charge in [0, 0.05) is 12.7 Å². The van der Waals surface area contributed by atoms with Crippen LogP contribution in [-0.2, 0) is 6.42 Å². The molecule has 0 spiro atoms. The summed E-state index contributed by atoms with van der Waals surface area (Å²) in [7, 11) is 0. The molecule has 0 atom stereocenters. The number of hydrogen-bond acceptors (Lipinski definition) is 1. The Bertz CT molecular complexity index is 372. The molecule has 0 heterocycles. The molecule has 2 amide bonds. The second-order valence-corrected chi connectivity index (χ2v) is 3.64. The van der Waals surface area contributed by atoms with Crippen molar-refractivity contribution in [2.45, 2.75) is 20.3 Å². The van der Waals surface area contributed by atoms with Crippen molar-refractivity contribution < 1.29 is 4.79 Å². The molecule has 3 nitrogen and oxygen atoms in total. The van der Waals surface area contributed by atoms with Crippen LogP contribution in [0.15, 0.2) is 36.5 Å². The van der Waals surface area contributed by atoms with Gasteiger partial charge in [-0.2, -0.15) is 0 Å². The van der Waals surface area contributed by atoms with Crippen molar-refractivity contribution in [2.75, 3.05) is 6.54 Å². The fourth-order valence-corrected chi connectivity index (χ4v) is 1.40. The Kier molecular flexibility index (Phi) is 5.12. The highest BCUT2D eigenvalue weighted by atomic mass is 16.2. The van der Waals surface area contributed by atoms with Gasteiger partial charge < -0.3 is 10.6 Å². The van der Waals surface area contributed by atoms with Crippen LogP contribution in [0.2, 0.25) is 0 Å². The second kappa shape index (κ2) is 6.67. The zero-order chi connectivity index (χ0) is 11.8. The molecule has 1 aromatic carbocycles. The van der Waals surface area contributed by atoms with Gasteiger partial charge in [-0.05, 0) is 25.8 Å². The Balaban J connectivity index is 2.28. The van der Waals surface area contributed by atoms with Crippen molar-refractivity contribution in [1.82, 2.24) is 10.6 Å². The summed E-state index contributed by atoms with van der Waals surface area (Å²) in [4.78, 5) is 11.2.